The zero-order valence-electron chi connectivity index (χ0n) is 8.51. The number of halogens is 1. The van der Waals surface area contributed by atoms with E-state index in [9.17, 15) is 4.79 Å². The zero-order valence-corrected chi connectivity index (χ0v) is 9.27. The normalized spacial score (nSPS) is 10.4. The summed E-state index contributed by atoms with van der Waals surface area (Å²) in [6.45, 7) is 1.74. The summed E-state index contributed by atoms with van der Waals surface area (Å²) in [7, 11) is 0. The highest BCUT2D eigenvalue weighted by Gasteiger charge is 2.11. The lowest BCUT2D eigenvalue weighted by Crippen LogP contribution is -1.95. The molecule has 2 rings (SSSR count). The number of carboxylic acid groups (broad SMARTS) is 1. The molecule has 0 aliphatic rings. The number of benzene rings is 1. The molecule has 0 fully saturated rings. The van der Waals surface area contributed by atoms with Crippen molar-refractivity contribution in [2.75, 3.05) is 0 Å². The Hall–Kier alpha value is -1.81. The Morgan fingerprint density at radius 1 is 1.50 bits per heavy atom. The molecule has 1 aromatic heterocycles. The fraction of sp³-hybridized carbons (Fsp3) is 0.0909. The molecular weight excluding hydrogens is 228 g/mol. The van der Waals surface area contributed by atoms with Crippen molar-refractivity contribution in [3.8, 4) is 5.69 Å². The minimum absolute atomic E-state index is 0.0254. The lowest BCUT2D eigenvalue weighted by Gasteiger charge is -2.04. The summed E-state index contributed by atoms with van der Waals surface area (Å²) >= 11 is 5.87. The lowest BCUT2D eigenvalue weighted by molar-refractivity contribution is 0.0691. The van der Waals surface area contributed by atoms with E-state index in [1.807, 2.05) is 6.07 Å². The number of carbonyl (C=O) groups is 1. The molecule has 4 nitrogen and oxygen atoms in total. The summed E-state index contributed by atoms with van der Waals surface area (Å²) in [5.74, 6) is -0.427. The van der Waals surface area contributed by atoms with Gasteiger partial charge >= 0.3 is 5.97 Å². The monoisotopic (exact) mass is 236 g/mol. The van der Waals surface area contributed by atoms with Crippen LogP contribution in [0.25, 0.3) is 5.69 Å². The van der Waals surface area contributed by atoms with Gasteiger partial charge in [0.25, 0.3) is 0 Å². The number of aromatic nitrogens is 2. The minimum Gasteiger partial charge on any atom is -0.476 e. The van der Waals surface area contributed by atoms with Crippen LogP contribution in [0.4, 0.5) is 0 Å². The van der Waals surface area contributed by atoms with E-state index < -0.39 is 5.97 Å². The summed E-state index contributed by atoms with van der Waals surface area (Å²) in [5, 5.41) is 9.42. The third kappa shape index (κ3) is 1.92. The molecule has 1 N–H and O–H groups in total. The molecule has 0 amide bonds. The molecule has 0 saturated heterocycles. The molecule has 0 aliphatic heterocycles. The molecule has 0 aliphatic carbocycles. The molecule has 0 saturated carbocycles. The van der Waals surface area contributed by atoms with Gasteiger partial charge in [-0.25, -0.2) is 9.78 Å². The van der Waals surface area contributed by atoms with Gasteiger partial charge in [0.15, 0.2) is 5.69 Å². The summed E-state index contributed by atoms with van der Waals surface area (Å²) in [6.07, 6.45) is 1.48. The van der Waals surface area contributed by atoms with Crippen LogP contribution in [0.15, 0.2) is 30.5 Å². The largest absolute Gasteiger partial charge is 0.476 e. The van der Waals surface area contributed by atoms with Crippen LogP contribution in [0, 0.1) is 6.92 Å². The highest BCUT2D eigenvalue weighted by molar-refractivity contribution is 6.30. The molecule has 2 aromatic rings. The van der Waals surface area contributed by atoms with E-state index in [1.54, 1.807) is 29.7 Å². The van der Waals surface area contributed by atoms with Crippen LogP contribution in [0.5, 0.6) is 0 Å². The van der Waals surface area contributed by atoms with Crippen molar-refractivity contribution in [1.29, 1.82) is 0 Å². The second-order valence-corrected chi connectivity index (χ2v) is 3.76. The van der Waals surface area contributed by atoms with Gasteiger partial charge in [-0.15, -0.1) is 0 Å². The van der Waals surface area contributed by atoms with Crippen LogP contribution in [-0.4, -0.2) is 20.6 Å². The number of nitrogens with zero attached hydrogens (tertiary/aromatic N) is 2. The molecule has 16 heavy (non-hydrogen) atoms. The first kappa shape index (κ1) is 10.7. The molecular formula is C11H9ClN2O2. The van der Waals surface area contributed by atoms with Crippen molar-refractivity contribution in [2.24, 2.45) is 0 Å². The fourth-order valence-electron chi connectivity index (χ4n) is 1.46. The van der Waals surface area contributed by atoms with Crippen molar-refractivity contribution < 1.29 is 9.90 Å². The Labute approximate surface area is 97.1 Å². The van der Waals surface area contributed by atoms with Crippen molar-refractivity contribution >= 4 is 17.6 Å². The van der Waals surface area contributed by atoms with Gasteiger partial charge in [-0.3, -0.25) is 0 Å². The van der Waals surface area contributed by atoms with E-state index in [0.29, 0.717) is 10.8 Å². The van der Waals surface area contributed by atoms with E-state index in [-0.39, 0.29) is 5.69 Å². The predicted octanol–water partition coefficient (Wildman–Crippen LogP) is 2.53. The average Bonchev–Trinajstić information content (AvgIpc) is 2.60. The second-order valence-electron chi connectivity index (χ2n) is 3.33. The van der Waals surface area contributed by atoms with Crippen LogP contribution in [0.1, 0.15) is 16.3 Å². The third-order valence-corrected chi connectivity index (χ3v) is 2.42. The fourth-order valence-corrected chi connectivity index (χ4v) is 1.65. The molecule has 0 atom stereocenters. The summed E-state index contributed by atoms with van der Waals surface area (Å²) in [4.78, 5) is 14.7. The van der Waals surface area contributed by atoms with Gasteiger partial charge in [-0.1, -0.05) is 17.7 Å². The van der Waals surface area contributed by atoms with Crippen LogP contribution in [-0.2, 0) is 0 Å². The highest BCUT2D eigenvalue weighted by Crippen LogP contribution is 2.17. The van der Waals surface area contributed by atoms with Gasteiger partial charge in [-0.2, -0.15) is 0 Å². The Balaban J connectivity index is 2.52. The maximum absolute atomic E-state index is 10.8. The Kier molecular flexibility index (Phi) is 2.66. The highest BCUT2D eigenvalue weighted by atomic mass is 35.5. The maximum Gasteiger partial charge on any atom is 0.356 e. The summed E-state index contributed by atoms with van der Waals surface area (Å²) in [5.41, 5.74) is 0.822. The van der Waals surface area contributed by atoms with Gasteiger partial charge in [-0.05, 0) is 25.1 Å². The number of hydrogen-bond donors (Lipinski definition) is 1. The minimum atomic E-state index is -1.04. The van der Waals surface area contributed by atoms with Crippen molar-refractivity contribution in [3.05, 3.63) is 47.0 Å². The van der Waals surface area contributed by atoms with E-state index >= 15 is 0 Å². The standard InChI is InChI=1S/C11H9ClN2O2/c1-7-13-10(11(15)16)6-14(7)9-4-2-3-8(12)5-9/h2-6H,1H3,(H,15,16). The Morgan fingerprint density at radius 2 is 2.25 bits per heavy atom. The van der Waals surface area contributed by atoms with Gasteiger partial charge in [0.2, 0.25) is 0 Å². The number of hydrogen-bond acceptors (Lipinski definition) is 2. The molecule has 5 heteroatoms. The Bertz CT molecular complexity index is 549. The number of aromatic carboxylic acids is 1. The number of carboxylic acids is 1. The molecule has 1 aromatic carbocycles. The smallest absolute Gasteiger partial charge is 0.356 e. The van der Waals surface area contributed by atoms with Crippen molar-refractivity contribution in [1.82, 2.24) is 9.55 Å². The van der Waals surface area contributed by atoms with Gasteiger partial charge < -0.3 is 9.67 Å². The lowest BCUT2D eigenvalue weighted by atomic mass is 10.3. The second kappa shape index (κ2) is 3.98. The van der Waals surface area contributed by atoms with Crippen LogP contribution >= 0.6 is 11.6 Å². The topological polar surface area (TPSA) is 55.1 Å². The maximum atomic E-state index is 10.8. The van der Waals surface area contributed by atoms with Crippen LogP contribution in [0.3, 0.4) is 0 Å². The summed E-state index contributed by atoms with van der Waals surface area (Å²) in [6, 6.07) is 7.15. The van der Waals surface area contributed by atoms with E-state index in [4.69, 9.17) is 16.7 Å². The van der Waals surface area contributed by atoms with Gasteiger partial charge in [0.05, 0.1) is 0 Å². The van der Waals surface area contributed by atoms with Crippen molar-refractivity contribution in [3.63, 3.8) is 0 Å². The van der Waals surface area contributed by atoms with Gasteiger partial charge in [0, 0.05) is 16.9 Å². The molecule has 1 heterocycles. The van der Waals surface area contributed by atoms with E-state index in [2.05, 4.69) is 4.98 Å². The molecule has 0 radical (unpaired) electrons. The summed E-state index contributed by atoms with van der Waals surface area (Å²) < 4.78 is 1.69. The molecule has 0 spiro atoms. The quantitative estimate of drug-likeness (QED) is 0.872. The van der Waals surface area contributed by atoms with E-state index in [1.165, 1.54) is 6.20 Å². The molecule has 82 valence electrons. The first-order valence-electron chi connectivity index (χ1n) is 4.63. The number of aryl methyl sites for hydroxylation is 1. The first-order chi connectivity index (χ1) is 7.58. The SMILES string of the molecule is Cc1nc(C(=O)O)cn1-c1cccc(Cl)c1. The average molecular weight is 237 g/mol. The predicted molar refractivity (Wildman–Crippen MR) is 60.3 cm³/mol. The van der Waals surface area contributed by atoms with Gasteiger partial charge in [0.1, 0.15) is 5.82 Å². The van der Waals surface area contributed by atoms with Crippen molar-refractivity contribution in [2.45, 2.75) is 6.92 Å². The zero-order chi connectivity index (χ0) is 11.7. The Morgan fingerprint density at radius 3 is 2.81 bits per heavy atom. The molecule has 0 unspecified atom stereocenters. The van der Waals surface area contributed by atoms with Crippen LogP contribution < -0.4 is 0 Å². The number of imidazole rings is 1. The first-order valence-corrected chi connectivity index (χ1v) is 5.01. The number of rotatable bonds is 2. The van der Waals surface area contributed by atoms with E-state index in [0.717, 1.165) is 5.69 Å². The van der Waals surface area contributed by atoms with Crippen LogP contribution in [0.2, 0.25) is 5.02 Å². The molecule has 0 bridgehead atoms. The third-order valence-electron chi connectivity index (χ3n) is 2.19.